The van der Waals surface area contributed by atoms with Gasteiger partial charge in [-0.25, -0.2) is 15.0 Å². The van der Waals surface area contributed by atoms with Crippen molar-refractivity contribution in [3.8, 4) is 11.3 Å². The number of Topliss-reactive ketones (excluding diaryl/α,β-unsaturated/α-hetero) is 1. The van der Waals surface area contributed by atoms with E-state index in [0.717, 1.165) is 36.9 Å². The molecule has 9 nitrogen and oxygen atoms in total. The molecule has 0 amide bonds. The normalized spacial score (nSPS) is 19.5. The Kier molecular flexibility index (Phi) is 10.7. The number of aryl methyl sites for hydroxylation is 1. The summed E-state index contributed by atoms with van der Waals surface area (Å²) >= 11 is 1.37. The van der Waals surface area contributed by atoms with E-state index in [1.165, 1.54) is 30.5 Å². The maximum Gasteiger partial charge on any atom is 0.416 e. The number of esters is 1. The Labute approximate surface area is 271 Å². The molecule has 2 aromatic heterocycles. The number of carbonyl (C=O) groups excluding carboxylic acids is 2. The summed E-state index contributed by atoms with van der Waals surface area (Å²) in [5.74, 6) is 0.227. The molecule has 0 aliphatic carbocycles. The van der Waals surface area contributed by atoms with Crippen LogP contribution in [0, 0.1) is 6.92 Å². The minimum atomic E-state index is -4.47. The van der Waals surface area contributed by atoms with Crippen molar-refractivity contribution in [1.29, 1.82) is 0 Å². The van der Waals surface area contributed by atoms with E-state index < -0.39 is 11.7 Å². The molecular weight excluding hydrogens is 617 g/mol. The third kappa shape index (κ3) is 8.10. The van der Waals surface area contributed by atoms with E-state index in [1.807, 2.05) is 0 Å². The largest absolute Gasteiger partial charge is 0.466 e. The van der Waals surface area contributed by atoms with Crippen molar-refractivity contribution >= 4 is 28.9 Å². The van der Waals surface area contributed by atoms with Crippen LogP contribution in [0.2, 0.25) is 0 Å². The molecule has 0 N–H and O–H groups in total. The summed E-state index contributed by atoms with van der Waals surface area (Å²) in [4.78, 5) is 46.3. The lowest BCUT2D eigenvalue weighted by Crippen LogP contribution is -2.52. The first-order valence-electron chi connectivity index (χ1n) is 15.8. The zero-order chi connectivity index (χ0) is 33.0. The summed E-state index contributed by atoms with van der Waals surface area (Å²) in [5, 5.41) is 0.537. The number of carbonyl (C=O) groups is 2. The third-order valence-corrected chi connectivity index (χ3v) is 9.87. The van der Waals surface area contributed by atoms with E-state index in [2.05, 4.69) is 38.5 Å². The summed E-state index contributed by atoms with van der Waals surface area (Å²) in [6.45, 7) is 12.2. The second-order valence-corrected chi connectivity index (χ2v) is 13.3. The van der Waals surface area contributed by atoms with Gasteiger partial charge in [0.1, 0.15) is 16.5 Å². The summed E-state index contributed by atoms with van der Waals surface area (Å²) < 4.78 is 46.3. The van der Waals surface area contributed by atoms with Crippen molar-refractivity contribution in [3.05, 3.63) is 57.3 Å². The monoisotopic (exact) mass is 658 g/mol. The van der Waals surface area contributed by atoms with Crippen LogP contribution < -0.4 is 4.90 Å². The molecule has 46 heavy (non-hydrogen) atoms. The Morgan fingerprint density at radius 1 is 1.07 bits per heavy atom. The molecule has 1 aromatic carbocycles. The van der Waals surface area contributed by atoms with Crippen LogP contribution in [0.5, 0.6) is 0 Å². The highest BCUT2D eigenvalue weighted by Gasteiger charge is 2.33. The van der Waals surface area contributed by atoms with E-state index in [0.29, 0.717) is 67.3 Å². The summed E-state index contributed by atoms with van der Waals surface area (Å²) in [6, 6.07) is 4.88. The van der Waals surface area contributed by atoms with Crippen LogP contribution in [0.3, 0.4) is 0 Å². The fourth-order valence-electron chi connectivity index (χ4n) is 6.16. The highest BCUT2D eigenvalue weighted by Crippen LogP contribution is 2.37. The predicted molar refractivity (Wildman–Crippen MR) is 171 cm³/mol. The number of hydrogen-bond donors (Lipinski definition) is 0. The van der Waals surface area contributed by atoms with Crippen LogP contribution in [-0.2, 0) is 28.7 Å². The average Bonchev–Trinajstić information content (AvgIpc) is 3.61. The highest BCUT2D eigenvalue weighted by atomic mass is 32.1. The molecular formula is C33H41F3N6O3S. The van der Waals surface area contributed by atoms with Crippen molar-refractivity contribution in [2.24, 2.45) is 0 Å². The second-order valence-electron chi connectivity index (χ2n) is 12.1. The number of rotatable bonds is 11. The van der Waals surface area contributed by atoms with Gasteiger partial charge in [0.25, 0.3) is 0 Å². The fourth-order valence-corrected chi connectivity index (χ4v) is 7.27. The number of alkyl halides is 3. The van der Waals surface area contributed by atoms with Crippen molar-refractivity contribution in [2.75, 3.05) is 44.2 Å². The molecule has 2 fully saturated rings. The van der Waals surface area contributed by atoms with Gasteiger partial charge in [-0.05, 0) is 58.7 Å². The van der Waals surface area contributed by atoms with Gasteiger partial charge >= 0.3 is 12.1 Å². The first-order valence-corrected chi connectivity index (χ1v) is 16.6. The Hall–Kier alpha value is -3.42. The number of benzene rings is 1. The van der Waals surface area contributed by atoms with Crippen LogP contribution in [-0.4, -0.2) is 87.9 Å². The molecule has 2 aliphatic rings. The first-order chi connectivity index (χ1) is 21.9. The van der Waals surface area contributed by atoms with Crippen LogP contribution >= 0.6 is 11.3 Å². The fraction of sp³-hybridized carbons (Fsp3) is 0.545. The van der Waals surface area contributed by atoms with Gasteiger partial charge in [0.15, 0.2) is 5.78 Å². The maximum absolute atomic E-state index is 13.7. The van der Waals surface area contributed by atoms with Crippen LogP contribution in [0.1, 0.15) is 71.5 Å². The molecule has 0 unspecified atom stereocenters. The topological polar surface area (TPSA) is 91.8 Å². The molecule has 5 rings (SSSR count). The van der Waals surface area contributed by atoms with Crippen LogP contribution in [0.25, 0.3) is 11.3 Å². The van der Waals surface area contributed by atoms with Crippen LogP contribution in [0.15, 0.2) is 30.6 Å². The van der Waals surface area contributed by atoms with Gasteiger partial charge in [-0.1, -0.05) is 12.1 Å². The van der Waals surface area contributed by atoms with E-state index in [4.69, 9.17) is 9.72 Å². The van der Waals surface area contributed by atoms with Crippen molar-refractivity contribution < 1.29 is 27.5 Å². The molecule has 248 valence electrons. The van der Waals surface area contributed by atoms with Crippen LogP contribution in [0.4, 0.5) is 19.0 Å². The molecule has 2 aliphatic heterocycles. The molecule has 3 aromatic rings. The Balaban J connectivity index is 1.28. The molecule has 13 heteroatoms. The van der Waals surface area contributed by atoms with E-state index in [-0.39, 0.29) is 35.5 Å². The molecule has 2 saturated heterocycles. The molecule has 0 radical (unpaired) electrons. The Morgan fingerprint density at radius 3 is 2.52 bits per heavy atom. The second kappa shape index (κ2) is 14.6. The van der Waals surface area contributed by atoms with Gasteiger partial charge < -0.3 is 9.64 Å². The Bertz CT molecular complexity index is 1530. The third-order valence-electron chi connectivity index (χ3n) is 8.83. The number of piperazine rings is 1. The van der Waals surface area contributed by atoms with Crippen molar-refractivity contribution in [1.82, 2.24) is 24.8 Å². The van der Waals surface area contributed by atoms with Gasteiger partial charge in [-0.15, -0.1) is 11.3 Å². The molecule has 0 bridgehead atoms. The van der Waals surface area contributed by atoms with E-state index in [9.17, 15) is 22.8 Å². The highest BCUT2D eigenvalue weighted by molar-refractivity contribution is 7.12. The zero-order valence-corrected chi connectivity index (χ0v) is 27.6. The van der Waals surface area contributed by atoms with E-state index in [1.54, 1.807) is 19.2 Å². The number of ether oxygens (including phenoxy) is 1. The number of nitrogens with zero attached hydrogens (tertiary/aromatic N) is 6. The predicted octanol–water partition coefficient (Wildman–Crippen LogP) is 5.80. The standard InChI is InChI=1S/C33H41F3N6O3S/c1-5-45-31(44)10-12-40-13-14-42(19-23(40)4)29-18-37-26(17-38-29)27(43)16-30-39-32(28(46-30)20-41-11-6-7-22(41)3)24-9-8-21(2)25(15-24)33(34,35)36/h8-9,15,17-18,22-23H,5-7,10-14,16,19-20H2,1-4H3/t22-,23+/m1/s1. The summed E-state index contributed by atoms with van der Waals surface area (Å²) in [6.07, 6.45) is 1.09. The number of likely N-dealkylation sites (tertiary alicyclic amines) is 1. The lowest BCUT2D eigenvalue weighted by Gasteiger charge is -2.40. The molecule has 0 spiro atoms. The Morgan fingerprint density at radius 2 is 1.87 bits per heavy atom. The molecule has 2 atom stereocenters. The zero-order valence-electron chi connectivity index (χ0n) is 26.8. The van der Waals surface area contributed by atoms with Gasteiger partial charge in [0, 0.05) is 55.2 Å². The van der Waals surface area contributed by atoms with Gasteiger partial charge in [-0.2, -0.15) is 13.2 Å². The number of aromatic nitrogens is 3. The molecule has 4 heterocycles. The number of hydrogen-bond acceptors (Lipinski definition) is 10. The van der Waals surface area contributed by atoms with Gasteiger partial charge in [0.2, 0.25) is 0 Å². The lowest BCUT2D eigenvalue weighted by atomic mass is 10.0. The number of halogens is 3. The van der Waals surface area contributed by atoms with Crippen molar-refractivity contribution in [3.63, 3.8) is 0 Å². The minimum absolute atomic E-state index is 0.0184. The quantitative estimate of drug-likeness (QED) is 0.187. The number of ketones is 1. The maximum atomic E-state index is 13.7. The average molecular weight is 659 g/mol. The summed E-state index contributed by atoms with van der Waals surface area (Å²) in [5.41, 5.74) is 0.581. The van der Waals surface area contributed by atoms with Gasteiger partial charge in [0.05, 0.1) is 43.1 Å². The molecule has 0 saturated carbocycles. The first kappa shape index (κ1) is 33.9. The summed E-state index contributed by atoms with van der Waals surface area (Å²) in [7, 11) is 0. The number of thiazole rings is 1. The van der Waals surface area contributed by atoms with Gasteiger partial charge in [-0.3, -0.25) is 19.4 Å². The lowest BCUT2D eigenvalue weighted by molar-refractivity contribution is -0.143. The minimum Gasteiger partial charge on any atom is -0.466 e. The van der Waals surface area contributed by atoms with Crippen molar-refractivity contribution in [2.45, 2.75) is 78.2 Å². The SMILES string of the molecule is CCOC(=O)CCN1CCN(c2cnc(C(=O)Cc3nc(-c4ccc(C)c(C(F)(F)F)c4)c(CN4CCC[C@H]4C)s3)cn2)C[C@@H]1C. The smallest absolute Gasteiger partial charge is 0.416 e. The van der Waals surface area contributed by atoms with E-state index >= 15 is 0 Å². The number of anilines is 1.